The van der Waals surface area contributed by atoms with E-state index in [-0.39, 0.29) is 0 Å². The fraction of sp³-hybridized carbons (Fsp3) is 0.900. The first-order valence-corrected chi connectivity index (χ1v) is 5.11. The molecule has 1 saturated carbocycles. The van der Waals surface area contributed by atoms with Gasteiger partial charge in [-0.05, 0) is 45.7 Å². The Labute approximate surface area is 85.1 Å². The predicted octanol–water partition coefficient (Wildman–Crippen LogP) is 0.520. The van der Waals surface area contributed by atoms with Gasteiger partial charge in [-0.1, -0.05) is 0 Å². The molecule has 1 rings (SSSR count). The molecule has 3 N–H and O–H groups in total. The molecule has 0 spiro atoms. The number of carboxylic acids is 1. The maximum absolute atomic E-state index is 10.9. The zero-order chi connectivity index (χ0) is 10.8. The molecule has 0 atom stereocenters. The Hall–Kier alpha value is -0.610. The summed E-state index contributed by atoms with van der Waals surface area (Å²) in [6.45, 7) is 1.04. The van der Waals surface area contributed by atoms with Gasteiger partial charge in [0.15, 0.2) is 0 Å². The zero-order valence-electron chi connectivity index (χ0n) is 8.99. The lowest BCUT2D eigenvalue weighted by molar-refractivity contribution is -0.145. The van der Waals surface area contributed by atoms with Crippen molar-refractivity contribution in [1.29, 1.82) is 0 Å². The number of hydrogen-bond acceptors (Lipinski definition) is 3. The highest BCUT2D eigenvalue weighted by molar-refractivity contribution is 5.78. The third-order valence-electron chi connectivity index (χ3n) is 3.05. The van der Waals surface area contributed by atoms with Gasteiger partial charge in [0.2, 0.25) is 0 Å². The number of hydrogen-bond donors (Lipinski definition) is 2. The van der Waals surface area contributed by atoms with Crippen molar-refractivity contribution in [2.75, 3.05) is 20.6 Å². The normalized spacial score (nSPS) is 33.3. The van der Waals surface area contributed by atoms with Crippen LogP contribution >= 0.6 is 0 Å². The molecule has 1 aliphatic carbocycles. The van der Waals surface area contributed by atoms with E-state index in [9.17, 15) is 4.79 Å². The molecular weight excluding hydrogens is 180 g/mol. The van der Waals surface area contributed by atoms with Gasteiger partial charge in [0.1, 0.15) is 5.54 Å². The molecule has 0 unspecified atom stereocenters. The van der Waals surface area contributed by atoms with Gasteiger partial charge in [-0.2, -0.15) is 0 Å². The summed E-state index contributed by atoms with van der Waals surface area (Å²) in [5.74, 6) is -0.234. The summed E-state index contributed by atoms with van der Waals surface area (Å²) in [6.07, 6.45) is 3.09. The SMILES string of the molecule is CN(C)CC1CCC(N)(C(=O)O)CC1. The van der Waals surface area contributed by atoms with E-state index in [4.69, 9.17) is 10.8 Å². The number of nitrogens with two attached hydrogens (primary N) is 1. The lowest BCUT2D eigenvalue weighted by Gasteiger charge is -2.34. The topological polar surface area (TPSA) is 66.6 Å². The van der Waals surface area contributed by atoms with Crippen LogP contribution in [0, 0.1) is 5.92 Å². The van der Waals surface area contributed by atoms with E-state index >= 15 is 0 Å². The van der Waals surface area contributed by atoms with Crippen LogP contribution in [0.25, 0.3) is 0 Å². The van der Waals surface area contributed by atoms with Gasteiger partial charge < -0.3 is 15.7 Å². The lowest BCUT2D eigenvalue weighted by atomic mass is 9.77. The average Bonchev–Trinajstić information content (AvgIpc) is 2.08. The first-order valence-electron chi connectivity index (χ1n) is 5.11. The number of carbonyl (C=O) groups is 1. The molecule has 82 valence electrons. The summed E-state index contributed by atoms with van der Waals surface area (Å²) in [6, 6.07) is 0. The summed E-state index contributed by atoms with van der Waals surface area (Å²) in [5, 5.41) is 8.93. The van der Waals surface area contributed by atoms with Crippen LogP contribution in [0.15, 0.2) is 0 Å². The Morgan fingerprint density at radius 1 is 1.50 bits per heavy atom. The predicted molar refractivity (Wildman–Crippen MR) is 55.1 cm³/mol. The first-order chi connectivity index (χ1) is 6.44. The van der Waals surface area contributed by atoms with E-state index in [1.807, 2.05) is 14.1 Å². The van der Waals surface area contributed by atoms with Gasteiger partial charge in [-0.3, -0.25) is 4.79 Å². The average molecular weight is 200 g/mol. The van der Waals surface area contributed by atoms with Crippen LogP contribution in [0.1, 0.15) is 25.7 Å². The number of carboxylic acid groups (broad SMARTS) is 1. The van der Waals surface area contributed by atoms with E-state index in [2.05, 4.69) is 4.90 Å². The van der Waals surface area contributed by atoms with Crippen molar-refractivity contribution in [3.05, 3.63) is 0 Å². The third-order valence-corrected chi connectivity index (χ3v) is 3.05. The minimum Gasteiger partial charge on any atom is -0.480 e. The Kier molecular flexibility index (Phi) is 3.50. The van der Waals surface area contributed by atoms with Crippen molar-refractivity contribution < 1.29 is 9.90 Å². The molecule has 0 aromatic heterocycles. The van der Waals surface area contributed by atoms with E-state index in [1.165, 1.54) is 0 Å². The van der Waals surface area contributed by atoms with Gasteiger partial charge in [-0.15, -0.1) is 0 Å². The highest BCUT2D eigenvalue weighted by Crippen LogP contribution is 2.30. The monoisotopic (exact) mass is 200 g/mol. The van der Waals surface area contributed by atoms with Gasteiger partial charge in [-0.25, -0.2) is 0 Å². The maximum atomic E-state index is 10.9. The van der Waals surface area contributed by atoms with Crippen molar-refractivity contribution >= 4 is 5.97 Å². The van der Waals surface area contributed by atoms with Gasteiger partial charge in [0.25, 0.3) is 0 Å². The van der Waals surface area contributed by atoms with Gasteiger partial charge >= 0.3 is 5.97 Å². The van der Waals surface area contributed by atoms with Crippen molar-refractivity contribution in [1.82, 2.24) is 4.90 Å². The largest absolute Gasteiger partial charge is 0.480 e. The third kappa shape index (κ3) is 2.69. The van der Waals surface area contributed by atoms with E-state index in [0.29, 0.717) is 18.8 Å². The first kappa shape index (κ1) is 11.5. The maximum Gasteiger partial charge on any atom is 0.323 e. The fourth-order valence-corrected chi connectivity index (χ4v) is 2.11. The molecule has 0 radical (unpaired) electrons. The van der Waals surface area contributed by atoms with Crippen LogP contribution in [0.3, 0.4) is 0 Å². The molecule has 1 aliphatic rings. The van der Waals surface area contributed by atoms with Crippen molar-refractivity contribution in [3.8, 4) is 0 Å². The second kappa shape index (κ2) is 4.28. The minimum atomic E-state index is -0.956. The van der Waals surface area contributed by atoms with Gasteiger partial charge in [0.05, 0.1) is 0 Å². The van der Waals surface area contributed by atoms with Crippen LogP contribution in [-0.2, 0) is 4.79 Å². The quantitative estimate of drug-likeness (QED) is 0.697. The summed E-state index contributed by atoms with van der Waals surface area (Å²) in [4.78, 5) is 13.0. The summed E-state index contributed by atoms with van der Waals surface area (Å²) >= 11 is 0. The second-order valence-electron chi connectivity index (χ2n) is 4.67. The molecule has 0 saturated heterocycles. The van der Waals surface area contributed by atoms with E-state index < -0.39 is 11.5 Å². The molecule has 4 nitrogen and oxygen atoms in total. The molecule has 0 aromatic carbocycles. The van der Waals surface area contributed by atoms with E-state index in [0.717, 1.165) is 19.4 Å². The highest BCUT2D eigenvalue weighted by atomic mass is 16.4. The van der Waals surface area contributed by atoms with Crippen LogP contribution in [0.2, 0.25) is 0 Å². The summed E-state index contributed by atoms with van der Waals surface area (Å²) < 4.78 is 0. The number of aliphatic carboxylic acids is 1. The molecule has 0 aromatic rings. The summed E-state index contributed by atoms with van der Waals surface area (Å²) in [5.41, 5.74) is 4.83. The molecule has 0 bridgehead atoms. The smallest absolute Gasteiger partial charge is 0.323 e. The molecule has 1 fully saturated rings. The Balaban J connectivity index is 2.42. The minimum absolute atomic E-state index is 0.612. The second-order valence-corrected chi connectivity index (χ2v) is 4.67. The molecule has 0 amide bonds. The Morgan fingerprint density at radius 3 is 2.36 bits per heavy atom. The van der Waals surface area contributed by atoms with Crippen molar-refractivity contribution in [3.63, 3.8) is 0 Å². The van der Waals surface area contributed by atoms with Gasteiger partial charge in [0, 0.05) is 6.54 Å². The van der Waals surface area contributed by atoms with Crippen molar-refractivity contribution in [2.45, 2.75) is 31.2 Å². The summed E-state index contributed by atoms with van der Waals surface area (Å²) in [7, 11) is 4.09. The Morgan fingerprint density at radius 2 is 2.00 bits per heavy atom. The van der Waals surface area contributed by atoms with E-state index in [1.54, 1.807) is 0 Å². The zero-order valence-corrected chi connectivity index (χ0v) is 8.99. The standard InChI is InChI=1S/C10H20N2O2/c1-12(2)7-8-3-5-10(11,6-4-8)9(13)14/h8H,3-7,11H2,1-2H3,(H,13,14). The van der Waals surface area contributed by atoms with Crippen LogP contribution in [-0.4, -0.2) is 42.2 Å². The molecular formula is C10H20N2O2. The van der Waals surface area contributed by atoms with Crippen LogP contribution < -0.4 is 5.73 Å². The lowest BCUT2D eigenvalue weighted by Crippen LogP contribution is -2.51. The Bertz CT molecular complexity index is 208. The highest BCUT2D eigenvalue weighted by Gasteiger charge is 2.38. The fourth-order valence-electron chi connectivity index (χ4n) is 2.11. The number of nitrogens with zero attached hydrogens (tertiary/aromatic N) is 1. The molecule has 0 heterocycles. The molecule has 0 aliphatic heterocycles. The van der Waals surface area contributed by atoms with Crippen LogP contribution in [0.4, 0.5) is 0 Å². The van der Waals surface area contributed by atoms with Crippen molar-refractivity contribution in [2.24, 2.45) is 11.7 Å². The van der Waals surface area contributed by atoms with Crippen LogP contribution in [0.5, 0.6) is 0 Å². The molecule has 4 heteroatoms. The molecule has 14 heavy (non-hydrogen) atoms. The number of rotatable bonds is 3.